The van der Waals surface area contributed by atoms with Gasteiger partial charge in [-0.1, -0.05) is 15.9 Å². The monoisotopic (exact) mass is 163 g/mol. The zero-order valence-corrected chi connectivity index (χ0v) is 5.35. The summed E-state index contributed by atoms with van der Waals surface area (Å²) in [4.78, 5) is 0. The van der Waals surface area contributed by atoms with Crippen LogP contribution in [0.5, 0.6) is 0 Å². The average molecular weight is 164 g/mol. The minimum Gasteiger partial charge on any atom is -0.391 e. The maximum Gasteiger partial charge on any atom is 0.0766 e. The van der Waals surface area contributed by atoms with E-state index >= 15 is 0 Å². The molecule has 0 heterocycles. The van der Waals surface area contributed by atoms with Crippen LogP contribution in [-0.4, -0.2) is 16.5 Å². The number of alkyl halides is 1. The lowest BCUT2D eigenvalue weighted by atomic mass is 10.3. The van der Waals surface area contributed by atoms with E-state index < -0.39 is 6.10 Å². The second-order valence-electron chi connectivity index (χ2n) is 1.17. The molecule has 0 aromatic carbocycles. The Morgan fingerprint density at radius 1 is 1.86 bits per heavy atom. The molecule has 0 bridgehead atoms. The maximum absolute atomic E-state index is 8.59. The summed E-state index contributed by atoms with van der Waals surface area (Å²) in [7, 11) is 0. The van der Waals surface area contributed by atoms with Gasteiger partial charge in [0.05, 0.1) is 18.6 Å². The highest BCUT2D eigenvalue weighted by atomic mass is 79.9. The molecular weight excluding hydrogens is 158 g/mol. The predicted molar refractivity (Wildman–Crippen MR) is 30.0 cm³/mol. The largest absolute Gasteiger partial charge is 0.391 e. The lowest BCUT2D eigenvalue weighted by molar-refractivity contribution is 0.206. The Labute approximate surface area is 50.9 Å². The van der Waals surface area contributed by atoms with Crippen LogP contribution < -0.4 is 0 Å². The van der Waals surface area contributed by atoms with Gasteiger partial charge in [-0.05, 0) is 0 Å². The molecule has 0 aliphatic rings. The summed E-state index contributed by atoms with van der Waals surface area (Å²) < 4.78 is 0. The predicted octanol–water partition coefficient (Wildman–Crippen LogP) is 0.656. The fourth-order valence-electron chi connectivity index (χ4n) is 0.160. The second-order valence-corrected chi connectivity index (χ2v) is 1.82. The second kappa shape index (κ2) is 4.10. The van der Waals surface area contributed by atoms with Crippen LogP contribution in [0.1, 0.15) is 6.42 Å². The minimum atomic E-state index is -0.495. The van der Waals surface area contributed by atoms with Gasteiger partial charge < -0.3 is 5.11 Å². The summed E-state index contributed by atoms with van der Waals surface area (Å²) in [6.07, 6.45) is -0.282. The molecule has 0 saturated carbocycles. The van der Waals surface area contributed by atoms with Crippen molar-refractivity contribution in [1.82, 2.24) is 0 Å². The smallest absolute Gasteiger partial charge is 0.0766 e. The van der Waals surface area contributed by atoms with Gasteiger partial charge in [0.1, 0.15) is 0 Å². The number of hydrogen-bond acceptors (Lipinski definition) is 2. The van der Waals surface area contributed by atoms with Gasteiger partial charge in [-0.25, -0.2) is 0 Å². The molecule has 0 radical (unpaired) electrons. The van der Waals surface area contributed by atoms with E-state index in [0.717, 1.165) is 0 Å². The van der Waals surface area contributed by atoms with Crippen LogP contribution in [0.2, 0.25) is 0 Å². The molecule has 1 atom stereocenters. The van der Waals surface area contributed by atoms with E-state index in [-0.39, 0.29) is 6.42 Å². The van der Waals surface area contributed by atoms with Gasteiger partial charge in [0.15, 0.2) is 0 Å². The summed E-state index contributed by atoms with van der Waals surface area (Å²) in [5, 5.41) is 17.0. The Kier molecular flexibility index (Phi) is 4.06. The Morgan fingerprint density at radius 2 is 2.43 bits per heavy atom. The molecule has 0 aromatic heterocycles. The van der Waals surface area contributed by atoms with E-state index in [4.69, 9.17) is 10.4 Å². The molecule has 0 rings (SSSR count). The fraction of sp³-hybridized carbons (Fsp3) is 0.750. The molecular formula is C4H6BrNO. The Hall–Kier alpha value is -0.0700. The molecule has 0 aliphatic heterocycles. The highest BCUT2D eigenvalue weighted by Gasteiger charge is 1.96. The summed E-state index contributed by atoms with van der Waals surface area (Å²) in [5.41, 5.74) is 0. The first-order valence-electron chi connectivity index (χ1n) is 1.92. The van der Waals surface area contributed by atoms with Crippen LogP contribution >= 0.6 is 15.9 Å². The number of hydrogen-bond donors (Lipinski definition) is 1. The number of rotatable bonds is 2. The summed E-state index contributed by atoms with van der Waals surface area (Å²) >= 11 is 3.01. The van der Waals surface area contributed by atoms with Gasteiger partial charge in [0.25, 0.3) is 0 Å². The molecule has 7 heavy (non-hydrogen) atoms. The Morgan fingerprint density at radius 3 is 2.57 bits per heavy atom. The van der Waals surface area contributed by atoms with Crippen molar-refractivity contribution in [3.8, 4) is 6.07 Å². The molecule has 3 heteroatoms. The van der Waals surface area contributed by atoms with E-state index in [2.05, 4.69) is 15.9 Å². The molecule has 1 N–H and O–H groups in total. The van der Waals surface area contributed by atoms with Crippen LogP contribution in [-0.2, 0) is 0 Å². The van der Waals surface area contributed by atoms with E-state index in [1.807, 2.05) is 6.07 Å². The fourth-order valence-corrected chi connectivity index (χ4v) is 0.389. The van der Waals surface area contributed by atoms with Gasteiger partial charge in [-0.15, -0.1) is 0 Å². The van der Waals surface area contributed by atoms with Crippen molar-refractivity contribution in [3.63, 3.8) is 0 Å². The van der Waals surface area contributed by atoms with Crippen molar-refractivity contribution in [2.24, 2.45) is 0 Å². The molecule has 0 fully saturated rings. The average Bonchev–Trinajstić information content (AvgIpc) is 1.68. The van der Waals surface area contributed by atoms with E-state index in [0.29, 0.717) is 5.33 Å². The molecule has 0 saturated heterocycles. The highest BCUT2D eigenvalue weighted by molar-refractivity contribution is 9.09. The molecule has 0 spiro atoms. The SMILES string of the molecule is N#CCC(O)CBr. The minimum absolute atomic E-state index is 0.214. The van der Waals surface area contributed by atoms with Crippen molar-refractivity contribution in [1.29, 1.82) is 5.26 Å². The van der Waals surface area contributed by atoms with Crippen molar-refractivity contribution < 1.29 is 5.11 Å². The normalized spacial score (nSPS) is 12.7. The Bertz CT molecular complexity index is 78.2. The summed E-state index contributed by atoms with van der Waals surface area (Å²) in [5.74, 6) is 0. The molecule has 0 aromatic rings. The first kappa shape index (κ1) is 6.93. The lowest BCUT2D eigenvalue weighted by Gasteiger charge is -1.95. The van der Waals surface area contributed by atoms with Gasteiger partial charge in [0, 0.05) is 5.33 Å². The van der Waals surface area contributed by atoms with E-state index in [1.54, 1.807) is 0 Å². The molecule has 1 unspecified atom stereocenters. The number of aliphatic hydroxyl groups is 1. The molecule has 40 valence electrons. The van der Waals surface area contributed by atoms with Crippen molar-refractivity contribution in [2.75, 3.05) is 5.33 Å². The van der Waals surface area contributed by atoms with Crippen LogP contribution in [0.4, 0.5) is 0 Å². The van der Waals surface area contributed by atoms with Gasteiger partial charge >= 0.3 is 0 Å². The summed E-state index contributed by atoms with van der Waals surface area (Å²) in [6.45, 7) is 0. The maximum atomic E-state index is 8.59. The Balaban J connectivity index is 3.03. The van der Waals surface area contributed by atoms with Crippen LogP contribution in [0.3, 0.4) is 0 Å². The van der Waals surface area contributed by atoms with Crippen LogP contribution in [0.25, 0.3) is 0 Å². The van der Waals surface area contributed by atoms with Crippen molar-refractivity contribution in [2.45, 2.75) is 12.5 Å². The van der Waals surface area contributed by atoms with E-state index in [1.165, 1.54) is 0 Å². The molecule has 2 nitrogen and oxygen atoms in total. The molecule has 0 aliphatic carbocycles. The van der Waals surface area contributed by atoms with E-state index in [9.17, 15) is 0 Å². The number of nitriles is 1. The van der Waals surface area contributed by atoms with Crippen molar-refractivity contribution >= 4 is 15.9 Å². The topological polar surface area (TPSA) is 44.0 Å². The number of aliphatic hydroxyl groups excluding tert-OH is 1. The third kappa shape index (κ3) is 3.77. The van der Waals surface area contributed by atoms with Crippen LogP contribution in [0.15, 0.2) is 0 Å². The molecule has 0 amide bonds. The third-order valence-electron chi connectivity index (χ3n) is 0.505. The van der Waals surface area contributed by atoms with Crippen molar-refractivity contribution in [3.05, 3.63) is 0 Å². The third-order valence-corrected chi connectivity index (χ3v) is 1.25. The first-order valence-corrected chi connectivity index (χ1v) is 3.04. The van der Waals surface area contributed by atoms with Gasteiger partial charge in [0.2, 0.25) is 0 Å². The quantitative estimate of drug-likeness (QED) is 0.609. The number of halogens is 1. The summed E-state index contributed by atoms with van der Waals surface area (Å²) in [6, 6.07) is 1.84. The zero-order valence-electron chi connectivity index (χ0n) is 3.76. The zero-order chi connectivity index (χ0) is 5.70. The van der Waals surface area contributed by atoms with Crippen LogP contribution in [0, 0.1) is 11.3 Å². The lowest BCUT2D eigenvalue weighted by Crippen LogP contribution is -2.04. The number of nitrogens with zero attached hydrogens (tertiary/aromatic N) is 1. The first-order chi connectivity index (χ1) is 3.31. The highest BCUT2D eigenvalue weighted by Crippen LogP contribution is 1.92. The van der Waals surface area contributed by atoms with Gasteiger partial charge in [-0.2, -0.15) is 5.26 Å². The van der Waals surface area contributed by atoms with Gasteiger partial charge in [-0.3, -0.25) is 0 Å². The standard InChI is InChI=1S/C4H6BrNO/c5-3-4(7)1-2-6/h4,7H,1,3H2.